The molecule has 0 aliphatic heterocycles. The van der Waals surface area contributed by atoms with Crippen LogP contribution in [0.5, 0.6) is 0 Å². The van der Waals surface area contributed by atoms with Gasteiger partial charge >= 0.3 is 11.9 Å². The molecule has 4 heteroatoms. The smallest absolute Gasteiger partial charge is 0.331 e. The SMILES string of the molecule is CCCCCCCCCCOC(=O)/C=C\C(=O)OCCCCCCCCCC. The average Bonchev–Trinajstić information content (AvgIpc) is 2.69. The molecule has 0 aromatic heterocycles. The first-order valence-electron chi connectivity index (χ1n) is 11.7. The second-order valence-electron chi connectivity index (χ2n) is 7.62. The van der Waals surface area contributed by atoms with Crippen LogP contribution in [0.2, 0.25) is 0 Å². The van der Waals surface area contributed by atoms with Crippen molar-refractivity contribution in [3.63, 3.8) is 0 Å². The van der Waals surface area contributed by atoms with Crippen LogP contribution in [0.4, 0.5) is 0 Å². The molecule has 0 radical (unpaired) electrons. The Kier molecular flexibility index (Phi) is 20.9. The minimum Gasteiger partial charge on any atom is -0.463 e. The van der Waals surface area contributed by atoms with Crippen molar-refractivity contribution in [2.45, 2.75) is 117 Å². The topological polar surface area (TPSA) is 52.6 Å². The van der Waals surface area contributed by atoms with Gasteiger partial charge in [-0.3, -0.25) is 0 Å². The van der Waals surface area contributed by atoms with E-state index >= 15 is 0 Å². The monoisotopic (exact) mass is 396 g/mol. The highest BCUT2D eigenvalue weighted by Gasteiger charge is 2.01. The highest BCUT2D eigenvalue weighted by Crippen LogP contribution is 2.09. The summed E-state index contributed by atoms with van der Waals surface area (Å²) in [7, 11) is 0. The van der Waals surface area contributed by atoms with Gasteiger partial charge in [-0.25, -0.2) is 9.59 Å². The van der Waals surface area contributed by atoms with Crippen molar-refractivity contribution in [3.8, 4) is 0 Å². The van der Waals surface area contributed by atoms with Gasteiger partial charge in [-0.05, 0) is 12.8 Å². The lowest BCUT2D eigenvalue weighted by Crippen LogP contribution is -2.06. The molecule has 0 aliphatic carbocycles. The number of carbonyl (C=O) groups is 2. The standard InChI is InChI=1S/C24H44O4/c1-3-5-7-9-11-13-15-17-21-27-23(25)19-20-24(26)28-22-18-16-14-12-10-8-6-4-2/h19-20H,3-18,21-22H2,1-2H3/b20-19-. The van der Waals surface area contributed by atoms with E-state index in [0.717, 1.165) is 25.7 Å². The zero-order chi connectivity index (χ0) is 20.7. The third-order valence-electron chi connectivity index (χ3n) is 4.84. The van der Waals surface area contributed by atoms with Gasteiger partial charge in [0, 0.05) is 12.2 Å². The molecule has 0 saturated carbocycles. The second-order valence-corrected chi connectivity index (χ2v) is 7.62. The maximum absolute atomic E-state index is 11.6. The molecule has 0 saturated heterocycles. The summed E-state index contributed by atoms with van der Waals surface area (Å²) in [5, 5.41) is 0. The van der Waals surface area contributed by atoms with Crippen molar-refractivity contribution in [2.24, 2.45) is 0 Å². The molecule has 164 valence electrons. The zero-order valence-corrected chi connectivity index (χ0v) is 18.5. The Morgan fingerprint density at radius 2 is 0.786 bits per heavy atom. The molecule has 0 heterocycles. The fourth-order valence-corrected chi connectivity index (χ4v) is 3.05. The van der Waals surface area contributed by atoms with Gasteiger partial charge in [-0.15, -0.1) is 0 Å². The number of hydrogen-bond donors (Lipinski definition) is 0. The quantitative estimate of drug-likeness (QED) is 0.127. The van der Waals surface area contributed by atoms with Gasteiger partial charge in [0.25, 0.3) is 0 Å². The van der Waals surface area contributed by atoms with Crippen LogP contribution in [0, 0.1) is 0 Å². The van der Waals surface area contributed by atoms with Crippen LogP contribution in [0.15, 0.2) is 12.2 Å². The van der Waals surface area contributed by atoms with E-state index in [4.69, 9.17) is 9.47 Å². The first kappa shape index (κ1) is 26.7. The van der Waals surface area contributed by atoms with Crippen LogP contribution in [0.3, 0.4) is 0 Å². The van der Waals surface area contributed by atoms with E-state index in [9.17, 15) is 9.59 Å². The third-order valence-corrected chi connectivity index (χ3v) is 4.84. The molecule has 0 atom stereocenters. The van der Waals surface area contributed by atoms with Gasteiger partial charge in [-0.2, -0.15) is 0 Å². The molecular formula is C24H44O4. The summed E-state index contributed by atoms with van der Waals surface area (Å²) in [6.45, 7) is 5.29. The summed E-state index contributed by atoms with van der Waals surface area (Å²) >= 11 is 0. The zero-order valence-electron chi connectivity index (χ0n) is 18.5. The van der Waals surface area contributed by atoms with E-state index in [1.54, 1.807) is 0 Å². The first-order valence-corrected chi connectivity index (χ1v) is 11.7. The van der Waals surface area contributed by atoms with E-state index in [1.165, 1.54) is 89.2 Å². The van der Waals surface area contributed by atoms with Crippen molar-refractivity contribution in [1.29, 1.82) is 0 Å². The Balaban J connectivity index is 3.43. The fraction of sp³-hybridized carbons (Fsp3) is 0.833. The lowest BCUT2D eigenvalue weighted by molar-refractivity contribution is -0.140. The molecule has 4 nitrogen and oxygen atoms in total. The Bertz CT molecular complexity index is 354. The third kappa shape index (κ3) is 21.0. The normalized spacial score (nSPS) is 11.1. The van der Waals surface area contributed by atoms with Crippen LogP contribution in [-0.2, 0) is 19.1 Å². The molecule has 0 amide bonds. The van der Waals surface area contributed by atoms with Gasteiger partial charge in [0.05, 0.1) is 13.2 Å². The van der Waals surface area contributed by atoms with Gasteiger partial charge < -0.3 is 9.47 Å². The molecule has 0 spiro atoms. The summed E-state index contributed by atoms with van der Waals surface area (Å²) in [6.07, 6.45) is 21.7. The van der Waals surface area contributed by atoms with Gasteiger partial charge in [0.1, 0.15) is 0 Å². The molecule has 0 bridgehead atoms. The summed E-state index contributed by atoms with van der Waals surface area (Å²) in [6, 6.07) is 0. The largest absolute Gasteiger partial charge is 0.463 e. The number of carbonyl (C=O) groups excluding carboxylic acids is 2. The van der Waals surface area contributed by atoms with Crippen molar-refractivity contribution < 1.29 is 19.1 Å². The highest BCUT2D eigenvalue weighted by molar-refractivity contribution is 5.91. The first-order chi connectivity index (χ1) is 13.7. The number of rotatable bonds is 20. The van der Waals surface area contributed by atoms with Crippen LogP contribution < -0.4 is 0 Å². The van der Waals surface area contributed by atoms with E-state index < -0.39 is 11.9 Å². The van der Waals surface area contributed by atoms with Crippen molar-refractivity contribution in [3.05, 3.63) is 12.2 Å². The van der Waals surface area contributed by atoms with Crippen LogP contribution >= 0.6 is 0 Å². The van der Waals surface area contributed by atoms with Crippen molar-refractivity contribution in [1.82, 2.24) is 0 Å². The lowest BCUT2D eigenvalue weighted by Gasteiger charge is -2.03. The Labute approximate surface area is 173 Å². The molecule has 0 rings (SSSR count). The van der Waals surface area contributed by atoms with Crippen LogP contribution in [0.1, 0.15) is 117 Å². The molecule has 0 unspecified atom stereocenters. The molecular weight excluding hydrogens is 352 g/mol. The van der Waals surface area contributed by atoms with Crippen molar-refractivity contribution >= 4 is 11.9 Å². The Morgan fingerprint density at radius 1 is 0.500 bits per heavy atom. The fourth-order valence-electron chi connectivity index (χ4n) is 3.05. The maximum Gasteiger partial charge on any atom is 0.331 e. The summed E-state index contributed by atoms with van der Waals surface area (Å²) in [4.78, 5) is 23.1. The van der Waals surface area contributed by atoms with Gasteiger partial charge in [0.2, 0.25) is 0 Å². The molecule has 0 aromatic rings. The molecule has 0 fully saturated rings. The molecule has 0 N–H and O–H groups in total. The molecule has 28 heavy (non-hydrogen) atoms. The number of unbranched alkanes of at least 4 members (excludes halogenated alkanes) is 14. The van der Waals surface area contributed by atoms with Crippen LogP contribution in [0.25, 0.3) is 0 Å². The van der Waals surface area contributed by atoms with E-state index in [2.05, 4.69) is 13.8 Å². The predicted octanol–water partition coefficient (Wildman–Crippen LogP) is 6.91. The maximum atomic E-state index is 11.6. The average molecular weight is 397 g/mol. The Morgan fingerprint density at radius 3 is 1.11 bits per heavy atom. The van der Waals surface area contributed by atoms with Gasteiger partial charge in [0.15, 0.2) is 0 Å². The van der Waals surface area contributed by atoms with Crippen molar-refractivity contribution in [2.75, 3.05) is 13.2 Å². The second kappa shape index (κ2) is 22.0. The minimum absolute atomic E-state index is 0.422. The predicted molar refractivity (Wildman–Crippen MR) is 116 cm³/mol. The highest BCUT2D eigenvalue weighted by atomic mass is 16.5. The van der Waals surface area contributed by atoms with Gasteiger partial charge in [-0.1, -0.05) is 104 Å². The molecule has 0 aromatic carbocycles. The van der Waals surface area contributed by atoms with E-state index in [1.807, 2.05) is 0 Å². The molecule has 0 aliphatic rings. The summed E-state index contributed by atoms with van der Waals surface area (Å²) < 4.78 is 10.2. The summed E-state index contributed by atoms with van der Waals surface area (Å²) in [5.74, 6) is -0.932. The van der Waals surface area contributed by atoms with Crippen LogP contribution in [-0.4, -0.2) is 25.2 Å². The lowest BCUT2D eigenvalue weighted by atomic mass is 10.1. The number of hydrogen-bond acceptors (Lipinski definition) is 4. The number of ether oxygens (including phenoxy) is 2. The van der Waals surface area contributed by atoms with E-state index in [-0.39, 0.29) is 0 Å². The van der Waals surface area contributed by atoms with E-state index in [0.29, 0.717) is 13.2 Å². The Hall–Kier alpha value is -1.32. The summed E-state index contributed by atoms with van der Waals surface area (Å²) in [5.41, 5.74) is 0. The minimum atomic E-state index is -0.466. The number of esters is 2.